The Morgan fingerprint density at radius 2 is 0.774 bits per heavy atom. The van der Waals surface area contributed by atoms with E-state index in [1.165, 1.54) is 0 Å². The average molecular weight is 550 g/mol. The molecule has 31 heavy (non-hydrogen) atoms. The van der Waals surface area contributed by atoms with E-state index in [0.29, 0.717) is 0 Å². The van der Waals surface area contributed by atoms with Crippen LogP contribution in [0.3, 0.4) is 0 Å². The third-order valence-corrected chi connectivity index (χ3v) is 3.91. The van der Waals surface area contributed by atoms with E-state index in [1.54, 1.807) is 0 Å². The van der Waals surface area contributed by atoms with E-state index < -0.39 is 70.9 Å². The molecule has 0 rings (SSSR count). The summed E-state index contributed by atoms with van der Waals surface area (Å²) < 4.78 is 238. The Bertz CT molecular complexity index is 658. The Kier molecular flexibility index (Phi) is 10.1. The second kappa shape index (κ2) is 9.31. The number of halogens is 17. The maximum Gasteiger partial charge on any atom is 1.00 e. The minimum Gasteiger partial charge on any atom is -0.772 e. The van der Waals surface area contributed by atoms with Gasteiger partial charge in [0.25, 0.3) is 0 Å². The summed E-state index contributed by atoms with van der Waals surface area (Å²) in [5, 5.41) is 0. The molecular weight excluding hydrogens is 546 g/mol. The SMILES string of the molecule is O=S([O-])CCC(F)(F)C(F)(F)C(F)(F)C(F)(F)C(F)(F)C(F)(F)C(F)(F)C(F)(F)F.[K+]. The largest absolute Gasteiger partial charge is 1.00 e. The molecule has 0 fully saturated rings. The van der Waals surface area contributed by atoms with Crippen molar-refractivity contribution in [1.82, 2.24) is 0 Å². The zero-order chi connectivity index (χ0) is 25.0. The van der Waals surface area contributed by atoms with Crippen molar-refractivity contribution in [2.24, 2.45) is 0 Å². The molecule has 0 aromatic heterocycles. The van der Waals surface area contributed by atoms with Crippen LogP contribution in [0.4, 0.5) is 74.6 Å². The number of hydrogen-bond acceptors (Lipinski definition) is 2. The first kappa shape index (κ1) is 33.7. The predicted molar refractivity (Wildman–Crippen MR) is 59.1 cm³/mol. The van der Waals surface area contributed by atoms with Crippen molar-refractivity contribution < 1.29 is 135 Å². The first-order chi connectivity index (χ1) is 12.7. The maximum atomic E-state index is 13.2. The summed E-state index contributed by atoms with van der Waals surface area (Å²) in [6, 6.07) is 0. The van der Waals surface area contributed by atoms with Gasteiger partial charge in [0.15, 0.2) is 0 Å². The van der Waals surface area contributed by atoms with Gasteiger partial charge in [0.05, 0.1) is 0 Å². The number of alkyl halides is 17. The fourth-order valence-corrected chi connectivity index (χ4v) is 1.99. The summed E-state index contributed by atoms with van der Waals surface area (Å²) >= 11 is -3.74. The summed E-state index contributed by atoms with van der Waals surface area (Å²) in [6.07, 6.45) is -10.8. The molecule has 0 saturated heterocycles. The third kappa shape index (κ3) is 5.15. The van der Waals surface area contributed by atoms with Crippen LogP contribution in [0.1, 0.15) is 6.42 Å². The first-order valence-electron chi connectivity index (χ1n) is 6.44. The molecule has 0 aliphatic carbocycles. The summed E-state index contributed by atoms with van der Waals surface area (Å²) in [5.74, 6) is -59.2. The van der Waals surface area contributed by atoms with Gasteiger partial charge in [-0.15, -0.1) is 0 Å². The van der Waals surface area contributed by atoms with Gasteiger partial charge in [-0.25, -0.2) is 0 Å². The van der Waals surface area contributed by atoms with E-state index in [9.17, 15) is 83.4 Å². The van der Waals surface area contributed by atoms with Crippen molar-refractivity contribution >= 4 is 11.1 Å². The number of rotatable bonds is 9. The van der Waals surface area contributed by atoms with Crippen LogP contribution >= 0.6 is 0 Å². The molecule has 0 aromatic rings. The van der Waals surface area contributed by atoms with Gasteiger partial charge in [0.1, 0.15) is 0 Å². The Hall–Kier alpha value is 0.556. The van der Waals surface area contributed by atoms with E-state index in [-0.39, 0.29) is 51.4 Å². The molecule has 0 saturated carbocycles. The topological polar surface area (TPSA) is 40.1 Å². The minimum atomic E-state index is -8.69. The van der Waals surface area contributed by atoms with E-state index >= 15 is 0 Å². The van der Waals surface area contributed by atoms with Gasteiger partial charge in [-0.3, -0.25) is 4.21 Å². The average Bonchev–Trinajstić information content (AvgIpc) is 2.50. The van der Waals surface area contributed by atoms with Gasteiger partial charge < -0.3 is 4.55 Å². The van der Waals surface area contributed by atoms with Gasteiger partial charge in [0.2, 0.25) is 0 Å². The first-order valence-corrected chi connectivity index (χ1v) is 7.68. The van der Waals surface area contributed by atoms with Crippen LogP contribution in [0, 0.1) is 0 Å². The van der Waals surface area contributed by atoms with Crippen LogP contribution in [0.25, 0.3) is 0 Å². The molecule has 0 aliphatic heterocycles. The summed E-state index contributed by atoms with van der Waals surface area (Å²) in [7, 11) is 0. The van der Waals surface area contributed by atoms with Crippen LogP contribution in [0.15, 0.2) is 0 Å². The van der Waals surface area contributed by atoms with Crippen molar-refractivity contribution in [3.8, 4) is 0 Å². The van der Waals surface area contributed by atoms with Crippen molar-refractivity contribution in [3.63, 3.8) is 0 Å². The minimum absolute atomic E-state index is 0. The molecule has 0 bridgehead atoms. The Balaban J connectivity index is 0. The van der Waals surface area contributed by atoms with Crippen LogP contribution in [0.5, 0.6) is 0 Å². The second-order valence-electron chi connectivity index (χ2n) is 5.41. The monoisotopic (exact) mass is 550 g/mol. The molecule has 0 aliphatic rings. The Labute approximate surface area is 204 Å². The summed E-state index contributed by atoms with van der Waals surface area (Å²) in [4.78, 5) is 0. The quantitative estimate of drug-likeness (QED) is 0.251. The van der Waals surface area contributed by atoms with Crippen molar-refractivity contribution in [2.75, 3.05) is 5.75 Å². The second-order valence-corrected chi connectivity index (χ2v) is 6.42. The van der Waals surface area contributed by atoms with Gasteiger partial charge in [-0.1, -0.05) is 11.1 Å². The maximum absolute atomic E-state index is 13.2. The predicted octanol–water partition coefficient (Wildman–Crippen LogP) is 2.27. The van der Waals surface area contributed by atoms with Crippen molar-refractivity contribution in [2.45, 2.75) is 54.1 Å². The molecular formula is C10H4F17KO2S. The van der Waals surface area contributed by atoms with Crippen molar-refractivity contribution in [3.05, 3.63) is 0 Å². The standard InChI is InChI=1S/C10H5F17O2S.K/c11-3(12,1-2-30(28)29)4(13,14)5(15,16)6(17,18)7(19,20)8(21,22)9(23,24)10(25,26)27;/h1-2H2,(H,28,29);/q;+1/p-1. The van der Waals surface area contributed by atoms with E-state index in [1.807, 2.05) is 0 Å². The molecule has 0 heterocycles. The molecule has 0 radical (unpaired) electrons. The molecule has 0 amide bonds. The third-order valence-electron chi connectivity index (χ3n) is 3.37. The molecule has 0 spiro atoms. The van der Waals surface area contributed by atoms with Crippen LogP contribution in [0.2, 0.25) is 0 Å². The van der Waals surface area contributed by atoms with Crippen LogP contribution in [-0.2, 0) is 11.1 Å². The smallest absolute Gasteiger partial charge is 0.772 e. The van der Waals surface area contributed by atoms with E-state index in [0.717, 1.165) is 0 Å². The van der Waals surface area contributed by atoms with Gasteiger partial charge >= 0.3 is 99.0 Å². The molecule has 1 atom stereocenters. The summed E-state index contributed by atoms with van der Waals surface area (Å²) in [6.45, 7) is 0. The molecule has 2 nitrogen and oxygen atoms in total. The van der Waals surface area contributed by atoms with Crippen LogP contribution < -0.4 is 51.4 Å². The van der Waals surface area contributed by atoms with Gasteiger partial charge in [0, 0.05) is 12.2 Å². The molecule has 182 valence electrons. The van der Waals surface area contributed by atoms with E-state index in [2.05, 4.69) is 0 Å². The Morgan fingerprint density at radius 1 is 0.516 bits per heavy atom. The van der Waals surface area contributed by atoms with Gasteiger partial charge in [-0.2, -0.15) is 74.6 Å². The van der Waals surface area contributed by atoms with E-state index in [4.69, 9.17) is 0 Å². The van der Waals surface area contributed by atoms with Gasteiger partial charge in [-0.05, 0) is 0 Å². The normalized spacial score (nSPS) is 16.7. The fraction of sp³-hybridized carbons (Fsp3) is 1.00. The Morgan fingerprint density at radius 3 is 1.03 bits per heavy atom. The van der Waals surface area contributed by atoms with Crippen LogP contribution in [-0.4, -0.2) is 62.1 Å². The fourth-order valence-electron chi connectivity index (χ4n) is 1.56. The van der Waals surface area contributed by atoms with Crippen molar-refractivity contribution in [1.29, 1.82) is 0 Å². The number of hydrogen-bond donors (Lipinski definition) is 0. The molecule has 0 N–H and O–H groups in total. The molecule has 1 unspecified atom stereocenters. The zero-order valence-corrected chi connectivity index (χ0v) is 18.0. The summed E-state index contributed by atoms with van der Waals surface area (Å²) in [5.41, 5.74) is 0. The zero-order valence-electron chi connectivity index (χ0n) is 14.1. The molecule has 21 heteroatoms. The molecule has 0 aromatic carbocycles.